The van der Waals surface area contributed by atoms with Gasteiger partial charge in [0.25, 0.3) is 5.69 Å². The molecule has 1 aromatic heterocycles. The Morgan fingerprint density at radius 1 is 1.00 bits per heavy atom. The summed E-state index contributed by atoms with van der Waals surface area (Å²) in [6.45, 7) is 0. The fraction of sp³-hybridized carbons (Fsp3) is 0. The zero-order valence-corrected chi connectivity index (χ0v) is 15.7. The van der Waals surface area contributed by atoms with Gasteiger partial charge < -0.3 is 4.42 Å². The molecule has 0 atom stereocenters. The van der Waals surface area contributed by atoms with Crippen molar-refractivity contribution in [1.29, 1.82) is 0 Å². The van der Waals surface area contributed by atoms with Crippen molar-refractivity contribution in [1.82, 2.24) is 0 Å². The molecule has 0 bridgehead atoms. The average molecular weight is 478 g/mol. The van der Waals surface area contributed by atoms with Crippen LogP contribution in [-0.2, 0) is 0 Å². The van der Waals surface area contributed by atoms with E-state index >= 15 is 0 Å². The predicted octanol–water partition coefficient (Wildman–Crippen LogP) is 4.81. The molecule has 136 valence electrons. The van der Waals surface area contributed by atoms with Crippen LogP contribution in [0.5, 0.6) is 0 Å². The van der Waals surface area contributed by atoms with E-state index in [1.54, 1.807) is 12.1 Å². The van der Waals surface area contributed by atoms with E-state index in [0.717, 1.165) is 21.3 Å². The van der Waals surface area contributed by atoms with Crippen LogP contribution in [0.1, 0.15) is 5.76 Å². The van der Waals surface area contributed by atoms with Gasteiger partial charge in [0.15, 0.2) is 0 Å². The molecule has 27 heavy (non-hydrogen) atoms. The molecule has 0 aliphatic carbocycles. The first kappa shape index (κ1) is 18.5. The van der Waals surface area contributed by atoms with Gasteiger partial charge in [-0.3, -0.25) is 25.7 Å². The Balaban J connectivity index is 1.75. The van der Waals surface area contributed by atoms with Gasteiger partial charge in [0.1, 0.15) is 17.2 Å². The molecule has 1 heterocycles. The third kappa shape index (κ3) is 4.47. The number of hydrogen-bond donors (Lipinski definition) is 1. The van der Waals surface area contributed by atoms with Crippen LogP contribution in [0.25, 0.3) is 11.3 Å². The van der Waals surface area contributed by atoms with Crippen molar-refractivity contribution in [3.8, 4) is 11.3 Å². The van der Waals surface area contributed by atoms with Gasteiger partial charge in [0, 0.05) is 15.2 Å². The van der Waals surface area contributed by atoms with E-state index in [4.69, 9.17) is 4.42 Å². The monoisotopic (exact) mass is 478 g/mol. The lowest BCUT2D eigenvalue weighted by molar-refractivity contribution is -0.393. The fourth-order valence-electron chi connectivity index (χ4n) is 2.24. The Morgan fingerprint density at radius 3 is 2.41 bits per heavy atom. The molecule has 3 rings (SSSR count). The summed E-state index contributed by atoms with van der Waals surface area (Å²) in [5.74, 6) is 1.11. The summed E-state index contributed by atoms with van der Waals surface area (Å²) in [5, 5.41) is 25.7. The van der Waals surface area contributed by atoms with E-state index in [9.17, 15) is 20.2 Å². The number of benzene rings is 2. The van der Waals surface area contributed by atoms with E-state index in [0.29, 0.717) is 11.5 Å². The molecule has 0 aliphatic heterocycles. The van der Waals surface area contributed by atoms with Crippen molar-refractivity contribution < 1.29 is 14.3 Å². The van der Waals surface area contributed by atoms with Crippen molar-refractivity contribution in [3.05, 3.63) is 84.2 Å². The van der Waals surface area contributed by atoms with Crippen molar-refractivity contribution in [2.75, 3.05) is 5.43 Å². The highest BCUT2D eigenvalue weighted by Crippen LogP contribution is 2.29. The molecule has 0 spiro atoms. The number of nitrogens with one attached hydrogen (secondary N) is 1. The molecule has 0 unspecified atom stereocenters. The number of nitro groups is 2. The second-order valence-electron chi connectivity index (χ2n) is 5.29. The van der Waals surface area contributed by atoms with E-state index in [2.05, 4.69) is 33.1 Å². The molecule has 1 N–H and O–H groups in total. The van der Waals surface area contributed by atoms with Gasteiger partial charge in [0.05, 0.1) is 22.1 Å². The maximum atomic E-state index is 11.1. The average Bonchev–Trinajstić information content (AvgIpc) is 3.11. The second-order valence-corrected chi connectivity index (χ2v) is 6.54. The Hall–Kier alpha value is -3.28. The quantitative estimate of drug-likeness (QED) is 0.235. The first-order valence-electron chi connectivity index (χ1n) is 7.52. The molecular weight excluding hydrogens is 467 g/mol. The first-order valence-corrected chi connectivity index (χ1v) is 8.59. The van der Waals surface area contributed by atoms with Crippen LogP contribution in [0.4, 0.5) is 17.1 Å². The van der Waals surface area contributed by atoms with Crippen LogP contribution in [0, 0.1) is 23.8 Å². The largest absolute Gasteiger partial charge is 0.455 e. The van der Waals surface area contributed by atoms with Crippen molar-refractivity contribution in [3.63, 3.8) is 0 Å². The van der Waals surface area contributed by atoms with Gasteiger partial charge in [-0.2, -0.15) is 5.10 Å². The maximum absolute atomic E-state index is 11.1. The van der Waals surface area contributed by atoms with Gasteiger partial charge in [-0.05, 0) is 52.9 Å². The van der Waals surface area contributed by atoms with Gasteiger partial charge in [-0.15, -0.1) is 0 Å². The highest BCUT2D eigenvalue weighted by molar-refractivity contribution is 14.1. The summed E-state index contributed by atoms with van der Waals surface area (Å²) in [6, 6.07) is 14.5. The summed E-state index contributed by atoms with van der Waals surface area (Å²) >= 11 is 2.21. The van der Waals surface area contributed by atoms with Crippen LogP contribution in [0.3, 0.4) is 0 Å². The lowest BCUT2D eigenvalue weighted by Crippen LogP contribution is -1.98. The molecule has 0 radical (unpaired) electrons. The van der Waals surface area contributed by atoms with Crippen molar-refractivity contribution in [2.45, 2.75) is 0 Å². The number of anilines is 1. The van der Waals surface area contributed by atoms with E-state index < -0.39 is 15.5 Å². The number of hydrazone groups is 1. The molecule has 0 aliphatic rings. The predicted molar refractivity (Wildman–Crippen MR) is 108 cm³/mol. The Morgan fingerprint density at radius 2 is 1.74 bits per heavy atom. The summed E-state index contributed by atoms with van der Waals surface area (Å²) < 4.78 is 6.77. The number of halogens is 1. The van der Waals surface area contributed by atoms with Gasteiger partial charge in [0.2, 0.25) is 0 Å². The number of hydrogen-bond acceptors (Lipinski definition) is 7. The Bertz CT molecular complexity index is 1030. The van der Waals surface area contributed by atoms with E-state index in [1.807, 2.05) is 24.3 Å². The minimum Gasteiger partial charge on any atom is -0.455 e. The highest BCUT2D eigenvalue weighted by atomic mass is 127. The summed E-state index contributed by atoms with van der Waals surface area (Å²) in [4.78, 5) is 20.4. The minimum absolute atomic E-state index is 0.0336. The van der Waals surface area contributed by atoms with Crippen molar-refractivity contribution >= 4 is 45.9 Å². The normalized spacial score (nSPS) is 10.9. The number of nitro benzene ring substituents is 2. The molecule has 10 heteroatoms. The number of non-ortho nitro benzene ring substituents is 1. The van der Waals surface area contributed by atoms with Crippen LogP contribution in [0.2, 0.25) is 0 Å². The van der Waals surface area contributed by atoms with Gasteiger partial charge in [-0.25, -0.2) is 0 Å². The Kier molecular flexibility index (Phi) is 5.45. The summed E-state index contributed by atoms with van der Waals surface area (Å²) in [5.41, 5.74) is 2.64. The second kappa shape index (κ2) is 7.95. The third-order valence-electron chi connectivity index (χ3n) is 3.52. The lowest BCUT2D eigenvalue weighted by Gasteiger charge is -2.01. The number of furan rings is 1. The first-order chi connectivity index (χ1) is 12.9. The fourth-order valence-corrected chi connectivity index (χ4v) is 2.60. The van der Waals surface area contributed by atoms with E-state index in [1.165, 1.54) is 12.3 Å². The topological polar surface area (TPSA) is 124 Å². The van der Waals surface area contributed by atoms with Crippen molar-refractivity contribution in [2.24, 2.45) is 5.10 Å². The molecule has 0 amide bonds. The highest BCUT2D eigenvalue weighted by Gasteiger charge is 2.19. The maximum Gasteiger partial charge on any atom is 0.301 e. The SMILES string of the molecule is O=[N+]([O-])c1ccc(NN=Cc2ccc(-c3ccc(I)cc3)o2)c([N+](=O)[O-])c1. The number of rotatable bonds is 6. The van der Waals surface area contributed by atoms with Crippen LogP contribution >= 0.6 is 22.6 Å². The number of nitrogens with zero attached hydrogens (tertiary/aromatic N) is 3. The molecule has 2 aromatic carbocycles. The molecule has 3 aromatic rings. The summed E-state index contributed by atoms with van der Waals surface area (Å²) in [6.07, 6.45) is 1.36. The van der Waals surface area contributed by atoms with Crippen LogP contribution in [-0.4, -0.2) is 16.1 Å². The zero-order valence-electron chi connectivity index (χ0n) is 13.5. The summed E-state index contributed by atoms with van der Waals surface area (Å²) in [7, 11) is 0. The van der Waals surface area contributed by atoms with E-state index in [-0.39, 0.29) is 11.4 Å². The smallest absolute Gasteiger partial charge is 0.301 e. The molecule has 9 nitrogen and oxygen atoms in total. The van der Waals surface area contributed by atoms with Gasteiger partial charge in [-0.1, -0.05) is 12.1 Å². The molecule has 0 saturated heterocycles. The standard InChI is InChI=1S/C17H11IN4O5/c18-12-3-1-11(2-4-12)17-8-6-14(27-17)10-19-20-15-7-5-13(21(23)24)9-16(15)22(25)26/h1-10,20H. The minimum atomic E-state index is -0.716. The molecule has 0 fully saturated rings. The zero-order chi connectivity index (χ0) is 19.4. The Labute approximate surface area is 166 Å². The molecular formula is C17H11IN4O5. The van der Waals surface area contributed by atoms with Gasteiger partial charge >= 0.3 is 5.69 Å². The lowest BCUT2D eigenvalue weighted by atomic mass is 10.2. The molecule has 0 saturated carbocycles. The third-order valence-corrected chi connectivity index (χ3v) is 4.24. The van der Waals surface area contributed by atoms with Crippen LogP contribution in [0.15, 0.2) is 64.1 Å². The van der Waals surface area contributed by atoms with Crippen LogP contribution < -0.4 is 5.43 Å².